The molecule has 0 saturated heterocycles. The third-order valence-corrected chi connectivity index (χ3v) is 22.1. The van der Waals surface area contributed by atoms with Gasteiger partial charge in [-0.15, -0.1) is 0 Å². The van der Waals surface area contributed by atoms with Crippen molar-refractivity contribution < 1.29 is 8.83 Å². The van der Waals surface area contributed by atoms with Crippen LogP contribution in [0.1, 0.15) is 105 Å². The second kappa shape index (κ2) is 21.6. The van der Waals surface area contributed by atoms with Crippen molar-refractivity contribution >= 4 is 154 Å². The van der Waals surface area contributed by atoms with Gasteiger partial charge in [-0.3, -0.25) is 0 Å². The van der Waals surface area contributed by atoms with Crippen molar-refractivity contribution in [2.24, 2.45) is 0 Å². The zero-order valence-electron chi connectivity index (χ0n) is 59.5. The highest BCUT2D eigenvalue weighted by atomic mass is 16.3. The van der Waals surface area contributed by atoms with Crippen LogP contribution in [-0.2, 0) is 21.7 Å². The van der Waals surface area contributed by atoms with Crippen molar-refractivity contribution in [1.29, 1.82) is 0 Å². The van der Waals surface area contributed by atoms with Crippen LogP contribution in [0.2, 0.25) is 0 Å². The van der Waals surface area contributed by atoms with E-state index in [2.05, 4.69) is 362 Å². The summed E-state index contributed by atoms with van der Waals surface area (Å²) in [5.41, 5.74) is 25.1. The highest BCUT2D eigenvalue weighted by Crippen LogP contribution is 2.45. The van der Waals surface area contributed by atoms with E-state index in [1.54, 1.807) is 0 Å². The Labute approximate surface area is 588 Å². The number of hydrogen-bond donors (Lipinski definition) is 0. The predicted molar refractivity (Wildman–Crippen MR) is 431 cm³/mol. The van der Waals surface area contributed by atoms with Crippen LogP contribution in [0, 0.1) is 0 Å². The molecule has 490 valence electrons. The lowest BCUT2D eigenvalue weighted by molar-refractivity contribution is 0.590. The minimum absolute atomic E-state index is 0.0559. The quantitative estimate of drug-likeness (QED) is 0.162. The van der Waals surface area contributed by atoms with E-state index >= 15 is 0 Å². The summed E-state index contributed by atoms with van der Waals surface area (Å²) in [5.74, 6) is 0. The summed E-state index contributed by atoms with van der Waals surface area (Å²) in [6, 6.07) is 98.6. The van der Waals surface area contributed by atoms with Crippen LogP contribution >= 0.6 is 0 Å². The van der Waals surface area contributed by atoms with Crippen LogP contribution in [-0.4, -0.2) is 25.0 Å². The van der Waals surface area contributed by atoms with Gasteiger partial charge in [-0.2, -0.15) is 0 Å². The molecule has 0 unspecified atom stereocenters. The minimum Gasteiger partial charge on any atom is -0.456 e. The molecule has 2 aliphatic rings. The molecule has 17 aromatic rings. The summed E-state index contributed by atoms with van der Waals surface area (Å²) in [4.78, 5) is 0. The van der Waals surface area contributed by atoms with Crippen LogP contribution in [0.4, 0.5) is 0 Å². The lowest BCUT2D eigenvalue weighted by Gasteiger charge is -2.36. The van der Waals surface area contributed by atoms with Gasteiger partial charge in [0.1, 0.15) is 22.3 Å². The number of hydrogen-bond acceptors (Lipinski definition) is 2. The molecule has 2 aliphatic heterocycles. The molecule has 7 heteroatoms. The van der Waals surface area contributed by atoms with Gasteiger partial charge >= 0.3 is 0 Å². The molecule has 6 heterocycles. The number of fused-ring (bicyclic) bond motifs is 24. The van der Waals surface area contributed by atoms with Gasteiger partial charge in [-0.1, -0.05) is 229 Å². The number of nitrogens with zero attached hydrogens (tertiary/aromatic N) is 4. The topological polar surface area (TPSA) is 46.0 Å². The van der Waals surface area contributed by atoms with Crippen LogP contribution in [0.5, 0.6) is 0 Å². The van der Waals surface area contributed by atoms with Gasteiger partial charge in [0, 0.05) is 87.4 Å². The first-order valence-electron chi connectivity index (χ1n) is 35.8. The van der Waals surface area contributed by atoms with Crippen LogP contribution < -0.4 is 16.4 Å². The van der Waals surface area contributed by atoms with Crippen molar-refractivity contribution in [3.8, 4) is 22.7 Å². The second-order valence-corrected chi connectivity index (χ2v) is 32.5. The third kappa shape index (κ3) is 9.24. The molecule has 101 heavy (non-hydrogen) atoms. The van der Waals surface area contributed by atoms with Gasteiger partial charge in [-0.05, 0) is 176 Å². The van der Waals surface area contributed by atoms with Crippen molar-refractivity contribution in [3.63, 3.8) is 0 Å². The van der Waals surface area contributed by atoms with E-state index in [1.165, 1.54) is 82.3 Å². The van der Waals surface area contributed by atoms with Gasteiger partial charge in [0.15, 0.2) is 0 Å². The van der Waals surface area contributed by atoms with Crippen molar-refractivity contribution in [3.05, 3.63) is 283 Å². The molecule has 0 N–H and O–H groups in total. The summed E-state index contributed by atoms with van der Waals surface area (Å²) in [6.07, 6.45) is 0. The fraction of sp³-hybridized carbons (Fsp3) is 0.170. The SMILES string of the molecule is CC(C)(C)c1ccc2c(c1)c1cc(C(C)(C)C)ccc1n2-c1ccc2c(c1)-n1c3ccccc3c3ccccc3oc3ccccc3c3cc4c5ccccc5oc5ccccc5c5ccccc5n5c4c(c31)B2c1ccc(-n2c3ccc(C(C)(C)C)cc3c3cc(C(C)(C)C)ccc32)cc1-5. The fourth-order valence-electron chi connectivity index (χ4n) is 16.9. The number of para-hydroxylation sites is 6. The van der Waals surface area contributed by atoms with E-state index in [1.807, 2.05) is 0 Å². The van der Waals surface area contributed by atoms with E-state index in [4.69, 9.17) is 8.83 Å². The first kappa shape index (κ1) is 60.9. The van der Waals surface area contributed by atoms with Crippen LogP contribution in [0.15, 0.2) is 270 Å². The van der Waals surface area contributed by atoms with E-state index in [0.717, 1.165) is 110 Å². The Morgan fingerprint density at radius 2 is 0.515 bits per heavy atom. The normalized spacial score (nSPS) is 13.1. The number of benzene rings is 13. The monoisotopic (exact) mass is 1310 g/mol. The highest BCUT2D eigenvalue weighted by molar-refractivity contribution is 7.00. The van der Waals surface area contributed by atoms with E-state index in [9.17, 15) is 0 Å². The summed E-state index contributed by atoms with van der Waals surface area (Å²) in [6.45, 7) is 27.6. The molecule has 0 atom stereocenters. The average Bonchev–Trinajstić information content (AvgIpc) is 1.22. The summed E-state index contributed by atoms with van der Waals surface area (Å²) in [5, 5.41) is 13.2. The molecule has 0 bridgehead atoms. The second-order valence-electron chi connectivity index (χ2n) is 32.5. The zero-order valence-corrected chi connectivity index (χ0v) is 59.5. The maximum atomic E-state index is 7.43. The molecule has 0 radical (unpaired) electrons. The first-order chi connectivity index (χ1) is 48.6. The minimum atomic E-state index is -0.311. The Balaban J connectivity index is 1.06. The van der Waals surface area contributed by atoms with Crippen molar-refractivity contribution in [2.45, 2.75) is 105 Å². The Hall–Kier alpha value is -11.3. The Bertz CT molecular complexity index is 6160. The van der Waals surface area contributed by atoms with E-state index in [-0.39, 0.29) is 28.4 Å². The smallest absolute Gasteiger partial charge is 0.252 e. The molecule has 0 amide bonds. The largest absolute Gasteiger partial charge is 0.456 e. The summed E-state index contributed by atoms with van der Waals surface area (Å²) in [7, 11) is 0. The fourth-order valence-corrected chi connectivity index (χ4v) is 16.9. The van der Waals surface area contributed by atoms with Gasteiger partial charge in [-0.25, -0.2) is 0 Å². The molecule has 0 saturated carbocycles. The van der Waals surface area contributed by atoms with Gasteiger partial charge in [0.25, 0.3) is 6.71 Å². The lowest BCUT2D eigenvalue weighted by atomic mass is 9.34. The molecule has 4 aromatic heterocycles. The summed E-state index contributed by atoms with van der Waals surface area (Å²) < 4.78 is 25.2. The van der Waals surface area contributed by atoms with Crippen LogP contribution in [0.3, 0.4) is 0 Å². The number of aromatic nitrogens is 4. The molecule has 13 aromatic carbocycles. The standard InChI is InChI=1S/C94H79BN4O2/c1-91(2,3)56-37-45-78-68(49-56)69-50-57(92(4,5)6)38-46-79(69)96(78)60-41-43-74-82(53-60)98-76-31-19-13-25-62(76)64-27-15-21-33-84(64)100-86-35-23-17-29-66(86)72-55-73-67-30-18-24-36-87(67)101-85-34-22-16-28-65(85)63-26-14-20-32-77(63)99-83-54-61(42-44-75(83)95(74)88(89(72)98)90(73)99)97-80-47-39-58(93(7,8)9)51-70(80)71-52-59(94(10,11)12)40-48-81(71)97/h13-55H,1-12H3. The maximum Gasteiger partial charge on any atom is 0.252 e. The molecule has 6 nitrogen and oxygen atoms in total. The highest BCUT2D eigenvalue weighted by Gasteiger charge is 2.41. The van der Waals surface area contributed by atoms with Gasteiger partial charge in [0.2, 0.25) is 0 Å². The third-order valence-electron chi connectivity index (χ3n) is 22.1. The average molecular weight is 1310 g/mol. The number of rotatable bonds is 2. The van der Waals surface area contributed by atoms with Gasteiger partial charge in [0.05, 0.1) is 44.1 Å². The van der Waals surface area contributed by atoms with E-state index < -0.39 is 0 Å². The Morgan fingerprint density at radius 3 is 0.832 bits per heavy atom. The van der Waals surface area contributed by atoms with Crippen molar-refractivity contribution in [2.75, 3.05) is 0 Å². The van der Waals surface area contributed by atoms with Gasteiger partial charge < -0.3 is 27.1 Å². The molecule has 0 aliphatic carbocycles. The van der Waals surface area contributed by atoms with E-state index in [0.29, 0.717) is 0 Å². The molecule has 0 spiro atoms. The first-order valence-corrected chi connectivity index (χ1v) is 35.8. The molecular weight excluding hydrogens is 1230 g/mol. The Morgan fingerprint density at radius 1 is 0.238 bits per heavy atom. The van der Waals surface area contributed by atoms with Crippen LogP contribution in [0.25, 0.3) is 154 Å². The molecule has 0 fully saturated rings. The predicted octanol–water partition coefficient (Wildman–Crippen LogP) is 23.6. The zero-order chi connectivity index (χ0) is 68.9. The lowest BCUT2D eigenvalue weighted by Crippen LogP contribution is -2.59. The van der Waals surface area contributed by atoms with Crippen molar-refractivity contribution in [1.82, 2.24) is 18.3 Å². The maximum absolute atomic E-state index is 7.43. The Kier molecular flexibility index (Phi) is 13.0. The molecule has 19 rings (SSSR count). The molecular formula is C94H79BN4O2. The summed E-state index contributed by atoms with van der Waals surface area (Å²) >= 11 is 0.